The lowest BCUT2D eigenvalue weighted by atomic mass is 9.86. The topological polar surface area (TPSA) is 17.3 Å². The van der Waals surface area contributed by atoms with Crippen LogP contribution >= 0.6 is 0 Å². The molecule has 4 aromatic carbocycles. The quantitative estimate of drug-likeness (QED) is 0.182. The van der Waals surface area contributed by atoms with Gasteiger partial charge in [-0.25, -0.2) is 4.98 Å². The summed E-state index contributed by atoms with van der Waals surface area (Å²) in [6, 6.07) is 37.7. The lowest BCUT2D eigenvalue weighted by Crippen LogP contribution is -2.10. The van der Waals surface area contributed by atoms with Gasteiger partial charge in [0.05, 0.1) is 22.2 Å². The molecule has 0 saturated heterocycles. The van der Waals surface area contributed by atoms with Gasteiger partial charge >= 0.3 is 0 Å². The summed E-state index contributed by atoms with van der Waals surface area (Å²) < 4.78 is 2.35. The zero-order valence-electron chi connectivity index (χ0n) is 29.3. The first-order chi connectivity index (χ1) is 21.6. The van der Waals surface area contributed by atoms with Gasteiger partial charge in [-0.3, -0.25) is 0 Å². The van der Waals surface area contributed by atoms with Crippen molar-refractivity contribution in [2.45, 2.75) is 85.5 Å². The first-order valence-corrected chi connectivity index (χ1v) is 16.5. The molecule has 0 fully saturated rings. The van der Waals surface area contributed by atoms with Gasteiger partial charge in [-0.15, -0.1) is 0 Å². The second kappa shape index (κ2) is 11.4. The zero-order valence-corrected chi connectivity index (χ0v) is 29.3. The summed E-state index contributed by atoms with van der Waals surface area (Å²) in [5, 5.41) is 5.15. The Morgan fingerprint density at radius 2 is 1.04 bits per heavy atom. The molecule has 46 heavy (non-hydrogen) atoms. The molecule has 0 aliphatic carbocycles. The van der Waals surface area contributed by atoms with Crippen LogP contribution in [-0.4, -0.2) is 9.38 Å². The van der Waals surface area contributed by atoms with E-state index in [1.165, 1.54) is 60.4 Å². The Balaban J connectivity index is 0.000000164. The van der Waals surface area contributed by atoms with E-state index in [-0.39, 0.29) is 16.2 Å². The summed E-state index contributed by atoms with van der Waals surface area (Å²) in [5.41, 5.74) is 11.7. The van der Waals surface area contributed by atoms with Gasteiger partial charge in [0.1, 0.15) is 0 Å². The van der Waals surface area contributed by atoms with Gasteiger partial charge in [-0.05, 0) is 87.7 Å². The molecule has 234 valence electrons. The van der Waals surface area contributed by atoms with Crippen molar-refractivity contribution < 1.29 is 0 Å². The van der Waals surface area contributed by atoms with Crippen LogP contribution in [0.2, 0.25) is 0 Å². The van der Waals surface area contributed by atoms with Gasteiger partial charge in [0.15, 0.2) is 0 Å². The minimum absolute atomic E-state index is 0.173. The standard InChI is InChI=1S/C24H27N.C20H21N/c1-23(2,3)18-8-10-20-17(14-18)15-25-21-12-9-19(24(4,5)6)13-16(21)7-11-22(20)25;1-14-5-11-19-16(13-14)8-12-18(21-19)15-6-9-17(10-7-15)20(2,3)4/h7-15H,1-6H3;5-13H,1-4H3. The van der Waals surface area contributed by atoms with Crippen LogP contribution in [0.5, 0.6) is 0 Å². The Hall–Kier alpha value is -4.43. The van der Waals surface area contributed by atoms with Crippen molar-refractivity contribution in [2.75, 3.05) is 0 Å². The fourth-order valence-corrected chi connectivity index (χ4v) is 6.17. The van der Waals surface area contributed by atoms with Crippen LogP contribution < -0.4 is 0 Å². The van der Waals surface area contributed by atoms with E-state index in [2.05, 4.69) is 183 Å². The van der Waals surface area contributed by atoms with Crippen molar-refractivity contribution in [2.24, 2.45) is 0 Å². The maximum absolute atomic E-state index is 4.78. The van der Waals surface area contributed by atoms with E-state index in [4.69, 9.17) is 4.98 Å². The number of nitrogens with zero attached hydrogens (tertiary/aromatic N) is 2. The summed E-state index contributed by atoms with van der Waals surface area (Å²) in [7, 11) is 0. The lowest BCUT2D eigenvalue weighted by Gasteiger charge is -2.19. The predicted octanol–water partition coefficient (Wildman–Crippen LogP) is 12.3. The Labute approximate surface area is 275 Å². The first kappa shape index (κ1) is 31.5. The Morgan fingerprint density at radius 1 is 0.478 bits per heavy atom. The highest BCUT2D eigenvalue weighted by atomic mass is 14.9. The van der Waals surface area contributed by atoms with Crippen LogP contribution in [0.15, 0.2) is 109 Å². The van der Waals surface area contributed by atoms with Crippen molar-refractivity contribution in [3.8, 4) is 11.3 Å². The maximum Gasteiger partial charge on any atom is 0.0709 e. The lowest BCUT2D eigenvalue weighted by molar-refractivity contribution is 0.590. The Morgan fingerprint density at radius 3 is 1.70 bits per heavy atom. The van der Waals surface area contributed by atoms with Crippen LogP contribution in [0.1, 0.15) is 84.6 Å². The molecule has 2 nitrogen and oxygen atoms in total. The summed E-state index contributed by atoms with van der Waals surface area (Å²) in [6.07, 6.45) is 2.29. The summed E-state index contributed by atoms with van der Waals surface area (Å²) in [4.78, 5) is 4.78. The number of hydrogen-bond acceptors (Lipinski definition) is 1. The van der Waals surface area contributed by atoms with E-state index in [0.717, 1.165) is 11.2 Å². The maximum atomic E-state index is 4.78. The number of pyridine rings is 2. The zero-order chi connectivity index (χ0) is 33.0. The molecule has 0 aliphatic heterocycles. The third kappa shape index (κ3) is 6.31. The van der Waals surface area contributed by atoms with Crippen molar-refractivity contribution in [1.82, 2.24) is 9.38 Å². The normalized spacial score (nSPS) is 12.6. The molecule has 0 N–H and O–H groups in total. The van der Waals surface area contributed by atoms with Crippen molar-refractivity contribution in [3.63, 3.8) is 0 Å². The fourth-order valence-electron chi connectivity index (χ4n) is 6.17. The van der Waals surface area contributed by atoms with E-state index >= 15 is 0 Å². The molecule has 3 heterocycles. The van der Waals surface area contributed by atoms with Gasteiger partial charge < -0.3 is 4.40 Å². The largest absolute Gasteiger partial charge is 0.315 e. The number of aryl methyl sites for hydroxylation is 1. The van der Waals surface area contributed by atoms with Crippen molar-refractivity contribution >= 4 is 38.1 Å². The molecule has 0 amide bonds. The summed E-state index contributed by atoms with van der Waals surface area (Å²) >= 11 is 0. The minimum atomic E-state index is 0.173. The molecule has 0 radical (unpaired) electrons. The van der Waals surface area contributed by atoms with Gasteiger partial charge in [0.25, 0.3) is 0 Å². The van der Waals surface area contributed by atoms with E-state index in [9.17, 15) is 0 Å². The van der Waals surface area contributed by atoms with Crippen molar-refractivity contribution in [3.05, 3.63) is 132 Å². The second-order valence-corrected chi connectivity index (χ2v) is 16.0. The molecule has 0 atom stereocenters. The van der Waals surface area contributed by atoms with Gasteiger partial charge in [-0.1, -0.05) is 129 Å². The molecule has 3 aromatic heterocycles. The van der Waals surface area contributed by atoms with Crippen LogP contribution in [-0.2, 0) is 16.2 Å². The SMILES string of the molecule is CC(C)(C)c1ccc2c(c1)cn1c3ccc(C(C)(C)C)cc3ccc21.Cc1ccc2nc(-c3ccc(C(C)(C)C)cc3)ccc2c1. The third-order valence-corrected chi connectivity index (χ3v) is 9.19. The van der Waals surface area contributed by atoms with E-state index < -0.39 is 0 Å². The molecule has 7 aromatic rings. The van der Waals surface area contributed by atoms with Crippen molar-refractivity contribution in [1.29, 1.82) is 0 Å². The van der Waals surface area contributed by atoms with Crippen LogP contribution in [0.3, 0.4) is 0 Å². The second-order valence-electron chi connectivity index (χ2n) is 16.0. The highest BCUT2D eigenvalue weighted by molar-refractivity contribution is 6.01. The molecule has 2 heteroatoms. The minimum Gasteiger partial charge on any atom is -0.315 e. The monoisotopic (exact) mass is 604 g/mol. The third-order valence-electron chi connectivity index (χ3n) is 9.19. The van der Waals surface area contributed by atoms with Gasteiger partial charge in [0, 0.05) is 27.9 Å². The Bertz CT molecular complexity index is 2190. The highest BCUT2D eigenvalue weighted by Crippen LogP contribution is 2.33. The summed E-state index contributed by atoms with van der Waals surface area (Å²) in [6.45, 7) is 22.4. The first-order valence-electron chi connectivity index (χ1n) is 16.5. The molecule has 0 bridgehead atoms. The average Bonchev–Trinajstić information content (AvgIpc) is 3.38. The average molecular weight is 605 g/mol. The number of rotatable bonds is 1. The van der Waals surface area contributed by atoms with Crippen LogP contribution in [0.4, 0.5) is 0 Å². The number of fused-ring (bicyclic) bond motifs is 6. The molecular formula is C44H48N2. The summed E-state index contributed by atoms with van der Waals surface area (Å²) in [5.74, 6) is 0. The molecule has 0 saturated carbocycles. The van der Waals surface area contributed by atoms with Crippen LogP contribution in [0.25, 0.3) is 49.4 Å². The smallest absolute Gasteiger partial charge is 0.0709 e. The number of benzene rings is 4. The van der Waals surface area contributed by atoms with E-state index in [1.807, 2.05) is 0 Å². The molecule has 0 spiro atoms. The van der Waals surface area contributed by atoms with Gasteiger partial charge in [-0.2, -0.15) is 0 Å². The highest BCUT2D eigenvalue weighted by Gasteiger charge is 2.17. The predicted molar refractivity (Wildman–Crippen MR) is 200 cm³/mol. The number of aromatic nitrogens is 2. The number of hydrogen-bond donors (Lipinski definition) is 0. The molecule has 7 rings (SSSR count). The van der Waals surface area contributed by atoms with Crippen LogP contribution in [0, 0.1) is 6.92 Å². The molecular weight excluding hydrogens is 556 g/mol. The Kier molecular flexibility index (Phi) is 7.83. The van der Waals surface area contributed by atoms with E-state index in [0.29, 0.717) is 0 Å². The fraction of sp³-hybridized carbons (Fsp3) is 0.295. The van der Waals surface area contributed by atoms with E-state index in [1.54, 1.807) is 0 Å². The molecule has 0 unspecified atom stereocenters. The van der Waals surface area contributed by atoms with Gasteiger partial charge in [0.2, 0.25) is 0 Å². The molecule has 0 aliphatic rings.